The van der Waals surface area contributed by atoms with Gasteiger partial charge in [-0.05, 0) is 36.6 Å². The molecule has 0 aliphatic rings. The van der Waals surface area contributed by atoms with Crippen LogP contribution in [0.2, 0.25) is 0 Å². The first-order valence-corrected chi connectivity index (χ1v) is 9.74. The summed E-state index contributed by atoms with van der Waals surface area (Å²) in [6.07, 6.45) is 1.66. The Bertz CT molecular complexity index is 815. The zero-order valence-corrected chi connectivity index (χ0v) is 17.1. The first kappa shape index (κ1) is 22.5. The molecule has 0 aliphatic carbocycles. The molecule has 0 saturated carbocycles. The summed E-state index contributed by atoms with van der Waals surface area (Å²) < 4.78 is 37.9. The van der Waals surface area contributed by atoms with Crippen LogP contribution in [0.5, 0.6) is 11.5 Å². The zero-order valence-electron chi connectivity index (χ0n) is 17.1. The number of nitrogens with one attached hydrogen (secondary N) is 1. The van der Waals surface area contributed by atoms with Gasteiger partial charge >= 0.3 is 6.03 Å². The summed E-state index contributed by atoms with van der Waals surface area (Å²) in [5.74, 6) is -0.0530. The lowest BCUT2D eigenvalue weighted by atomic mass is 10.2. The zero-order chi connectivity index (χ0) is 21.2. The van der Waals surface area contributed by atoms with Gasteiger partial charge in [0, 0.05) is 31.3 Å². The summed E-state index contributed by atoms with van der Waals surface area (Å²) >= 11 is 0. The maximum absolute atomic E-state index is 13.8. The van der Waals surface area contributed by atoms with E-state index in [0.717, 1.165) is 24.5 Å². The molecule has 1 N–H and O–H groups in total. The highest BCUT2D eigenvalue weighted by Gasteiger charge is 2.15. The average Bonchev–Trinajstić information content (AvgIpc) is 2.71. The van der Waals surface area contributed by atoms with E-state index in [1.807, 2.05) is 32.0 Å². The monoisotopic (exact) mass is 406 g/mol. The Hall–Kier alpha value is -2.83. The molecule has 2 aromatic carbocycles. The van der Waals surface area contributed by atoms with Crippen LogP contribution >= 0.6 is 0 Å². The summed E-state index contributed by atoms with van der Waals surface area (Å²) in [6.45, 7) is 5.49. The highest BCUT2D eigenvalue weighted by Crippen LogP contribution is 2.28. The number of hydrogen-bond donors (Lipinski definition) is 1. The molecule has 0 aliphatic heterocycles. The number of amides is 2. The smallest absolute Gasteiger partial charge is 0.317 e. The van der Waals surface area contributed by atoms with Crippen LogP contribution in [0.3, 0.4) is 0 Å². The lowest BCUT2D eigenvalue weighted by molar-refractivity contribution is 0.194. The van der Waals surface area contributed by atoms with E-state index in [4.69, 9.17) is 9.47 Å². The number of carbonyl (C=O) groups excluding carboxylic acids is 1. The Kier molecular flexibility index (Phi) is 8.70. The van der Waals surface area contributed by atoms with Crippen LogP contribution in [0.25, 0.3) is 0 Å². The van der Waals surface area contributed by atoms with Crippen LogP contribution < -0.4 is 14.8 Å². The maximum atomic E-state index is 13.8. The quantitative estimate of drug-likeness (QED) is 0.612. The molecule has 0 saturated heterocycles. The van der Waals surface area contributed by atoms with Gasteiger partial charge in [0.25, 0.3) is 0 Å². The van der Waals surface area contributed by atoms with Crippen molar-refractivity contribution in [3.63, 3.8) is 0 Å². The number of nitrogens with zero attached hydrogens (tertiary/aromatic N) is 1. The van der Waals surface area contributed by atoms with Crippen molar-refractivity contribution in [2.75, 3.05) is 20.3 Å². The molecule has 0 radical (unpaired) electrons. The lowest BCUT2D eigenvalue weighted by Gasteiger charge is -2.23. The molecule has 5 nitrogen and oxygen atoms in total. The van der Waals surface area contributed by atoms with Crippen molar-refractivity contribution in [1.82, 2.24) is 10.2 Å². The van der Waals surface area contributed by atoms with Gasteiger partial charge in [0.15, 0.2) is 11.5 Å². The molecule has 158 valence electrons. The Balaban J connectivity index is 2.05. The van der Waals surface area contributed by atoms with E-state index >= 15 is 0 Å². The van der Waals surface area contributed by atoms with E-state index in [0.29, 0.717) is 31.2 Å². The molecular formula is C22H28F2N2O3. The fourth-order valence-electron chi connectivity index (χ4n) is 2.83. The fourth-order valence-corrected chi connectivity index (χ4v) is 2.83. The highest BCUT2D eigenvalue weighted by atomic mass is 19.1. The largest absolute Gasteiger partial charge is 0.493 e. The molecular weight excluding hydrogens is 378 g/mol. The van der Waals surface area contributed by atoms with Gasteiger partial charge in [-0.25, -0.2) is 13.6 Å². The van der Waals surface area contributed by atoms with E-state index in [2.05, 4.69) is 5.32 Å². The second-order valence-corrected chi connectivity index (χ2v) is 6.65. The predicted molar refractivity (Wildman–Crippen MR) is 108 cm³/mol. The van der Waals surface area contributed by atoms with Crippen molar-refractivity contribution in [3.8, 4) is 11.5 Å². The second-order valence-electron chi connectivity index (χ2n) is 6.65. The van der Waals surface area contributed by atoms with Gasteiger partial charge in [-0.15, -0.1) is 0 Å². The normalized spacial score (nSPS) is 10.5. The van der Waals surface area contributed by atoms with Crippen LogP contribution in [-0.2, 0) is 13.1 Å². The number of ether oxygens (including phenoxy) is 2. The Morgan fingerprint density at radius 2 is 1.86 bits per heavy atom. The maximum Gasteiger partial charge on any atom is 0.317 e. The van der Waals surface area contributed by atoms with Crippen LogP contribution in [0.15, 0.2) is 36.4 Å². The standard InChI is InChI=1S/C22H28F2N2O3/c1-4-10-26(22(27)25-14-17-7-8-18(23)13-19(17)24)15-16-6-9-20(29-11-5-2)21(12-16)28-3/h6-9,12-13H,4-5,10-11,14-15H2,1-3H3,(H,25,27). The van der Waals surface area contributed by atoms with Crippen LogP contribution in [0.1, 0.15) is 37.8 Å². The molecule has 29 heavy (non-hydrogen) atoms. The number of hydrogen-bond acceptors (Lipinski definition) is 3. The molecule has 0 fully saturated rings. The number of urea groups is 1. The fraction of sp³-hybridized carbons (Fsp3) is 0.409. The summed E-state index contributed by atoms with van der Waals surface area (Å²) in [5.41, 5.74) is 1.12. The van der Waals surface area contributed by atoms with Gasteiger partial charge in [0.2, 0.25) is 0 Å². The summed E-state index contributed by atoms with van der Waals surface area (Å²) in [4.78, 5) is 14.3. The Labute approximate surface area is 170 Å². The van der Waals surface area contributed by atoms with Crippen molar-refractivity contribution in [2.24, 2.45) is 0 Å². The number of methoxy groups -OCH3 is 1. The molecule has 0 atom stereocenters. The van der Waals surface area contributed by atoms with E-state index in [-0.39, 0.29) is 18.1 Å². The van der Waals surface area contributed by atoms with Gasteiger partial charge in [-0.2, -0.15) is 0 Å². The van der Waals surface area contributed by atoms with Gasteiger partial charge < -0.3 is 19.7 Å². The van der Waals surface area contributed by atoms with E-state index in [9.17, 15) is 13.6 Å². The molecule has 2 aromatic rings. The third kappa shape index (κ3) is 6.62. The van der Waals surface area contributed by atoms with Crippen molar-refractivity contribution >= 4 is 6.03 Å². The van der Waals surface area contributed by atoms with Crippen LogP contribution in [0.4, 0.5) is 13.6 Å². The van der Waals surface area contributed by atoms with Crippen molar-refractivity contribution in [1.29, 1.82) is 0 Å². The number of rotatable bonds is 10. The summed E-state index contributed by atoms with van der Waals surface area (Å²) in [7, 11) is 1.58. The average molecular weight is 406 g/mol. The van der Waals surface area contributed by atoms with Crippen LogP contribution in [0, 0.1) is 11.6 Å². The third-order valence-electron chi connectivity index (χ3n) is 4.29. The Morgan fingerprint density at radius 3 is 2.52 bits per heavy atom. The van der Waals surface area contributed by atoms with Gasteiger partial charge in [0.05, 0.1) is 13.7 Å². The molecule has 2 amide bonds. The third-order valence-corrected chi connectivity index (χ3v) is 4.29. The van der Waals surface area contributed by atoms with Gasteiger partial charge in [-0.3, -0.25) is 0 Å². The SMILES string of the molecule is CCCOc1ccc(CN(CCC)C(=O)NCc2ccc(F)cc2F)cc1OC. The lowest BCUT2D eigenvalue weighted by Crippen LogP contribution is -2.39. The highest BCUT2D eigenvalue weighted by molar-refractivity contribution is 5.74. The van der Waals surface area contributed by atoms with E-state index in [1.54, 1.807) is 12.0 Å². The molecule has 0 bridgehead atoms. The van der Waals surface area contributed by atoms with E-state index < -0.39 is 11.6 Å². The molecule has 0 spiro atoms. The van der Waals surface area contributed by atoms with Crippen LogP contribution in [-0.4, -0.2) is 31.2 Å². The van der Waals surface area contributed by atoms with E-state index in [1.165, 1.54) is 12.1 Å². The molecule has 2 rings (SSSR count). The predicted octanol–water partition coefficient (Wildman–Crippen LogP) is 4.88. The minimum atomic E-state index is -0.681. The number of carbonyl (C=O) groups is 1. The first-order chi connectivity index (χ1) is 14.0. The van der Waals surface area contributed by atoms with Crippen molar-refractivity contribution in [2.45, 2.75) is 39.8 Å². The first-order valence-electron chi connectivity index (χ1n) is 9.74. The molecule has 0 unspecified atom stereocenters. The van der Waals surface area contributed by atoms with Crippen molar-refractivity contribution in [3.05, 3.63) is 59.2 Å². The summed E-state index contributed by atoms with van der Waals surface area (Å²) in [5, 5.41) is 2.70. The van der Waals surface area contributed by atoms with Gasteiger partial charge in [-0.1, -0.05) is 26.0 Å². The Morgan fingerprint density at radius 1 is 1.07 bits per heavy atom. The minimum absolute atomic E-state index is 0.0156. The molecule has 7 heteroatoms. The number of halogens is 2. The molecule has 0 heterocycles. The number of benzene rings is 2. The minimum Gasteiger partial charge on any atom is -0.493 e. The topological polar surface area (TPSA) is 50.8 Å². The van der Waals surface area contributed by atoms with Crippen molar-refractivity contribution < 1.29 is 23.0 Å². The summed E-state index contributed by atoms with van der Waals surface area (Å²) in [6, 6.07) is 8.56. The van der Waals surface area contributed by atoms with Gasteiger partial charge in [0.1, 0.15) is 11.6 Å². The second kappa shape index (κ2) is 11.2. The molecule has 0 aromatic heterocycles.